The predicted molar refractivity (Wildman–Crippen MR) is 141 cm³/mol. The van der Waals surface area contributed by atoms with Crippen LogP contribution in [0.3, 0.4) is 0 Å². The van der Waals surface area contributed by atoms with E-state index in [0.29, 0.717) is 0 Å². The Morgan fingerprint density at radius 1 is 0.613 bits per heavy atom. The van der Waals surface area contributed by atoms with Crippen molar-refractivity contribution < 1.29 is 8.23 Å². The maximum Gasteiger partial charge on any atom is 0.250 e. The zero-order valence-corrected chi connectivity index (χ0v) is 23.2. The molecule has 0 aliphatic rings. The van der Waals surface area contributed by atoms with Gasteiger partial charge in [-0.25, -0.2) is 0 Å². The second-order valence-electron chi connectivity index (χ2n) is 7.34. The number of hydrogen-bond donors (Lipinski definition) is 0. The maximum atomic E-state index is 7.42. The third kappa shape index (κ3) is 5.12. The van der Waals surface area contributed by atoms with Crippen molar-refractivity contribution in [2.75, 3.05) is 0 Å². The number of rotatable bonds is 9. The van der Waals surface area contributed by atoms with E-state index < -0.39 is 27.1 Å². The van der Waals surface area contributed by atoms with Crippen molar-refractivity contribution in [2.24, 2.45) is 0 Å². The zero-order chi connectivity index (χ0) is 21.4. The monoisotopic (exact) mass is 470 g/mol. The molecule has 0 unspecified atom stereocenters. The quantitative estimate of drug-likeness (QED) is 0.327. The average Bonchev–Trinajstić information content (AvgIpc) is 2.87. The van der Waals surface area contributed by atoms with E-state index in [1.54, 1.807) is 0 Å². The Balaban J connectivity index is 1.89. The highest BCUT2D eigenvalue weighted by molar-refractivity contribution is 7.09. The van der Waals surface area contributed by atoms with Crippen LogP contribution in [0, 0.1) is 5.67 Å². The van der Waals surface area contributed by atoms with Crippen molar-refractivity contribution in [1.82, 2.24) is 0 Å². The lowest BCUT2D eigenvalue weighted by Crippen LogP contribution is -2.68. The van der Waals surface area contributed by atoms with Gasteiger partial charge in [0.05, 0.1) is 0 Å². The van der Waals surface area contributed by atoms with Crippen LogP contribution in [0.5, 0.6) is 0 Å². The first-order chi connectivity index (χ1) is 15.3. The van der Waals surface area contributed by atoms with Gasteiger partial charge < -0.3 is 8.23 Å². The Morgan fingerprint density at radius 2 is 1.00 bits per heavy atom. The molecular formula is C25H26O2Si4. The van der Waals surface area contributed by atoms with Crippen molar-refractivity contribution in [3.8, 4) is 0 Å². The molecule has 4 aromatic carbocycles. The molecule has 0 aliphatic carbocycles. The molecule has 31 heavy (non-hydrogen) atoms. The Labute approximate surface area is 193 Å². The van der Waals surface area contributed by atoms with Gasteiger partial charge in [-0.15, -0.1) is 0 Å². The maximum absolute atomic E-state index is 7.42. The van der Waals surface area contributed by atoms with Gasteiger partial charge >= 0.3 is 0 Å². The van der Waals surface area contributed by atoms with Crippen LogP contribution in [-0.4, -0.2) is 37.6 Å². The van der Waals surface area contributed by atoms with Gasteiger partial charge in [-0.2, -0.15) is 0 Å². The molecule has 0 amide bonds. The smallest absolute Gasteiger partial charge is 0.250 e. The van der Waals surface area contributed by atoms with E-state index in [0.717, 1.165) is 10.5 Å². The van der Waals surface area contributed by atoms with Crippen molar-refractivity contribution in [3.05, 3.63) is 127 Å². The average molecular weight is 471 g/mol. The molecule has 0 N–H and O–H groups in total. The summed E-state index contributed by atoms with van der Waals surface area (Å²) in [6.45, 7) is 0. The van der Waals surface area contributed by atoms with Crippen molar-refractivity contribution in [2.45, 2.75) is 0 Å². The molecular weight excluding hydrogens is 445 g/mol. The lowest BCUT2D eigenvalue weighted by Gasteiger charge is -2.36. The number of benzene rings is 4. The Kier molecular flexibility index (Phi) is 7.63. The first-order valence-corrected chi connectivity index (χ1v) is 16.1. The van der Waals surface area contributed by atoms with E-state index in [9.17, 15) is 0 Å². The van der Waals surface area contributed by atoms with Gasteiger partial charge in [0.15, 0.2) is 9.76 Å². The minimum absolute atomic E-state index is 0.735. The van der Waals surface area contributed by atoms with E-state index in [-0.39, 0.29) is 0 Å². The summed E-state index contributed by atoms with van der Waals surface area (Å²) in [4.78, 5) is 0. The Bertz CT molecular complexity index is 969. The molecule has 0 aromatic heterocycles. The minimum atomic E-state index is -2.73. The van der Waals surface area contributed by atoms with Gasteiger partial charge in [0.25, 0.3) is 8.32 Å². The lowest BCUT2D eigenvalue weighted by atomic mass is 10.4. The summed E-state index contributed by atoms with van der Waals surface area (Å²) in [7, 11) is -4.87. The minimum Gasteiger partial charge on any atom is -0.468 e. The highest BCUT2D eigenvalue weighted by Crippen LogP contribution is 2.14. The molecule has 154 valence electrons. The predicted octanol–water partition coefficient (Wildman–Crippen LogP) is 0.260. The summed E-state index contributed by atoms with van der Waals surface area (Å²) >= 11 is 0. The summed E-state index contributed by atoms with van der Waals surface area (Å²) in [6.07, 6.45) is 0. The van der Waals surface area contributed by atoms with E-state index in [4.69, 9.17) is 8.23 Å². The second kappa shape index (κ2) is 10.8. The zero-order valence-electron chi connectivity index (χ0n) is 17.6. The van der Waals surface area contributed by atoms with Crippen molar-refractivity contribution >= 4 is 58.4 Å². The molecule has 4 rings (SSSR count). The van der Waals surface area contributed by atoms with Crippen molar-refractivity contribution in [1.29, 1.82) is 0 Å². The molecule has 0 saturated heterocycles. The van der Waals surface area contributed by atoms with Gasteiger partial charge in [-0.05, 0) is 20.7 Å². The van der Waals surface area contributed by atoms with Gasteiger partial charge in [0, 0.05) is 5.67 Å². The summed E-state index contributed by atoms with van der Waals surface area (Å²) in [5.41, 5.74) is 3.89. The van der Waals surface area contributed by atoms with Gasteiger partial charge in [-0.3, -0.25) is 0 Å². The summed E-state index contributed by atoms with van der Waals surface area (Å²) < 4.78 is 13.2. The standard InChI is InChI=1S/C25H26O2Si4/c28-26-29-21-31(24-17-9-3-10-18-24,25-19-11-4-12-20-25)27-30(22-13-5-1-6-14-22)23-15-7-2-8-16-23/h1-20,30H,29H2,28H3. The molecule has 0 saturated carbocycles. The first-order valence-electron chi connectivity index (χ1n) is 10.5. The molecule has 0 atom stereocenters. The molecule has 0 aliphatic heterocycles. The fourth-order valence-corrected chi connectivity index (χ4v) is 16.0. The third-order valence-electron chi connectivity index (χ3n) is 5.33. The van der Waals surface area contributed by atoms with Crippen LogP contribution in [0.15, 0.2) is 121 Å². The van der Waals surface area contributed by atoms with E-state index in [2.05, 4.69) is 127 Å². The SMILES string of the molecule is [SiH3]O[SiH2][C][Si](O[SiH](c1ccccc1)c1ccccc1)(c1ccccc1)c1ccccc1. The highest BCUT2D eigenvalue weighted by atomic mass is 28.4. The molecule has 0 bridgehead atoms. The van der Waals surface area contributed by atoms with Crippen molar-refractivity contribution in [3.63, 3.8) is 0 Å². The van der Waals surface area contributed by atoms with Crippen LogP contribution in [0.1, 0.15) is 0 Å². The summed E-state index contributed by atoms with van der Waals surface area (Å²) in [6, 6.07) is 42.8. The molecule has 2 radical (unpaired) electrons. The van der Waals surface area contributed by atoms with Crippen LogP contribution >= 0.6 is 0 Å². The molecule has 2 nitrogen and oxygen atoms in total. The molecule has 6 heteroatoms. The molecule has 0 heterocycles. The normalized spacial score (nSPS) is 12.0. The second-order valence-corrected chi connectivity index (χ2v) is 16.9. The van der Waals surface area contributed by atoms with Gasteiger partial charge in [0.2, 0.25) is 9.04 Å². The van der Waals surface area contributed by atoms with Gasteiger partial charge in [-0.1, -0.05) is 121 Å². The van der Waals surface area contributed by atoms with E-state index in [1.165, 1.54) is 20.7 Å². The van der Waals surface area contributed by atoms with E-state index in [1.807, 2.05) is 0 Å². The Morgan fingerprint density at radius 3 is 1.39 bits per heavy atom. The van der Waals surface area contributed by atoms with Crippen LogP contribution in [0.2, 0.25) is 0 Å². The van der Waals surface area contributed by atoms with Crippen LogP contribution < -0.4 is 20.7 Å². The molecule has 4 aromatic rings. The lowest BCUT2D eigenvalue weighted by molar-refractivity contribution is 0.609. The molecule has 0 spiro atoms. The third-order valence-corrected chi connectivity index (χ3v) is 15.7. The Hall–Kier alpha value is -2.33. The fourth-order valence-electron chi connectivity index (χ4n) is 3.83. The number of hydrogen-bond acceptors (Lipinski definition) is 2. The van der Waals surface area contributed by atoms with Crippen LogP contribution in [0.4, 0.5) is 0 Å². The topological polar surface area (TPSA) is 18.5 Å². The highest BCUT2D eigenvalue weighted by Gasteiger charge is 2.42. The summed E-state index contributed by atoms with van der Waals surface area (Å²) in [5.74, 6) is 0. The van der Waals surface area contributed by atoms with Gasteiger partial charge in [0.1, 0.15) is 10.5 Å². The van der Waals surface area contributed by atoms with E-state index >= 15 is 0 Å². The fraction of sp³-hybridized carbons (Fsp3) is 0. The molecule has 0 fully saturated rings. The van der Waals surface area contributed by atoms with Crippen LogP contribution in [-0.2, 0) is 8.23 Å². The van der Waals surface area contributed by atoms with Crippen LogP contribution in [0.25, 0.3) is 0 Å². The largest absolute Gasteiger partial charge is 0.468 e. The summed E-state index contributed by atoms with van der Waals surface area (Å²) in [5, 5.41) is 5.04. The first kappa shape index (κ1) is 21.9.